The van der Waals surface area contributed by atoms with E-state index in [1.165, 1.54) is 6.42 Å². The molecule has 0 spiro atoms. The summed E-state index contributed by atoms with van der Waals surface area (Å²) in [6.45, 7) is 2.77. The minimum absolute atomic E-state index is 0.141. The van der Waals surface area contributed by atoms with Gasteiger partial charge in [0, 0.05) is 30.7 Å². The molecule has 1 unspecified atom stereocenters. The van der Waals surface area contributed by atoms with Gasteiger partial charge in [-0.3, -0.25) is 4.90 Å². The van der Waals surface area contributed by atoms with Crippen LogP contribution in [-0.2, 0) is 0 Å². The Morgan fingerprint density at radius 1 is 1.38 bits per heavy atom. The Bertz CT molecular complexity index is 537. The van der Waals surface area contributed by atoms with Crippen molar-refractivity contribution in [2.24, 2.45) is 11.8 Å². The number of nitrogens with zero attached hydrogens (tertiary/aromatic N) is 1. The van der Waals surface area contributed by atoms with E-state index in [1.54, 1.807) is 0 Å². The molecule has 4 rings (SSSR count). The second-order valence-electron chi connectivity index (χ2n) is 5.91. The Balaban J connectivity index is 1.48. The first-order chi connectivity index (χ1) is 10.3. The minimum Gasteiger partial charge on any atom is -0.336 e. The number of fused-ring (bicyclic) bond motifs is 3. The van der Waals surface area contributed by atoms with Gasteiger partial charge in [-0.25, -0.2) is 4.79 Å². The van der Waals surface area contributed by atoms with Gasteiger partial charge in [-0.15, -0.1) is 12.3 Å². The molecule has 4 atom stereocenters. The SMILES string of the molecule is C#C[C@@H]1CN2CC[C@H]1C[C@@H]2CNC(=O)Nc1ccccc1. The second kappa shape index (κ2) is 6.19. The number of urea groups is 1. The maximum atomic E-state index is 11.9. The Morgan fingerprint density at radius 3 is 2.86 bits per heavy atom. The van der Waals surface area contributed by atoms with Crippen molar-refractivity contribution in [2.45, 2.75) is 18.9 Å². The van der Waals surface area contributed by atoms with Gasteiger partial charge >= 0.3 is 6.03 Å². The number of anilines is 1. The van der Waals surface area contributed by atoms with E-state index in [0.717, 1.165) is 25.2 Å². The molecule has 3 aliphatic rings. The molecule has 0 aliphatic carbocycles. The predicted octanol–water partition coefficient (Wildman–Crippen LogP) is 2.15. The summed E-state index contributed by atoms with van der Waals surface area (Å²) in [5.74, 6) is 3.94. The van der Waals surface area contributed by atoms with Gasteiger partial charge < -0.3 is 10.6 Å². The summed E-state index contributed by atoms with van der Waals surface area (Å²) in [7, 11) is 0. The number of para-hydroxylation sites is 1. The fourth-order valence-electron chi connectivity index (χ4n) is 3.45. The van der Waals surface area contributed by atoms with E-state index in [4.69, 9.17) is 6.42 Å². The van der Waals surface area contributed by atoms with Gasteiger partial charge in [0.15, 0.2) is 0 Å². The van der Waals surface area contributed by atoms with Gasteiger partial charge in [0.25, 0.3) is 0 Å². The average Bonchev–Trinajstić information content (AvgIpc) is 2.54. The minimum atomic E-state index is -0.141. The summed E-state index contributed by atoms with van der Waals surface area (Å²) < 4.78 is 0. The molecule has 1 aromatic carbocycles. The number of nitrogens with one attached hydrogen (secondary N) is 2. The fourth-order valence-corrected chi connectivity index (χ4v) is 3.45. The van der Waals surface area contributed by atoms with Gasteiger partial charge in [0.05, 0.1) is 0 Å². The van der Waals surface area contributed by atoms with Crippen LogP contribution in [0, 0.1) is 24.2 Å². The van der Waals surface area contributed by atoms with Crippen molar-refractivity contribution in [1.29, 1.82) is 0 Å². The van der Waals surface area contributed by atoms with Crippen LogP contribution in [0.5, 0.6) is 0 Å². The van der Waals surface area contributed by atoms with Gasteiger partial charge in [-0.2, -0.15) is 0 Å². The van der Waals surface area contributed by atoms with E-state index in [1.807, 2.05) is 30.3 Å². The first-order valence-electron chi connectivity index (χ1n) is 7.56. The molecule has 3 aliphatic heterocycles. The summed E-state index contributed by atoms with van der Waals surface area (Å²) in [5.41, 5.74) is 0.813. The number of hydrogen-bond donors (Lipinski definition) is 2. The van der Waals surface area contributed by atoms with Crippen molar-refractivity contribution in [2.75, 3.05) is 25.0 Å². The quantitative estimate of drug-likeness (QED) is 0.835. The Morgan fingerprint density at radius 2 is 2.19 bits per heavy atom. The third-order valence-corrected chi connectivity index (χ3v) is 4.62. The molecule has 2 amide bonds. The lowest BCUT2D eigenvalue weighted by Crippen LogP contribution is -2.56. The van der Waals surface area contributed by atoms with Crippen LogP contribution in [0.25, 0.3) is 0 Å². The maximum Gasteiger partial charge on any atom is 0.319 e. The normalized spacial score (nSPS) is 30.4. The molecular weight excluding hydrogens is 262 g/mol. The first kappa shape index (κ1) is 14.0. The summed E-state index contributed by atoms with van der Waals surface area (Å²) >= 11 is 0. The first-order valence-corrected chi connectivity index (χ1v) is 7.56. The standard InChI is InChI=1S/C17H21N3O/c1-2-13-12-20-9-8-14(13)10-16(20)11-18-17(21)19-15-6-4-3-5-7-15/h1,3-7,13-14,16H,8-12H2,(H2,18,19,21)/t13-,14+,16-/m1/s1. The average molecular weight is 283 g/mol. The third kappa shape index (κ3) is 3.20. The van der Waals surface area contributed by atoms with Crippen LogP contribution in [0.1, 0.15) is 12.8 Å². The second-order valence-corrected chi connectivity index (χ2v) is 5.91. The number of terminal acetylenes is 1. The topological polar surface area (TPSA) is 44.4 Å². The lowest BCUT2D eigenvalue weighted by molar-refractivity contribution is 0.0242. The zero-order chi connectivity index (χ0) is 14.7. The molecule has 3 fully saturated rings. The number of hydrogen-bond acceptors (Lipinski definition) is 2. The predicted molar refractivity (Wildman–Crippen MR) is 83.9 cm³/mol. The highest BCUT2D eigenvalue weighted by Gasteiger charge is 2.39. The lowest BCUT2D eigenvalue weighted by atomic mass is 9.76. The van der Waals surface area contributed by atoms with Crippen LogP contribution in [0.15, 0.2) is 30.3 Å². The highest BCUT2D eigenvalue weighted by molar-refractivity contribution is 5.89. The fraction of sp³-hybridized carbons (Fsp3) is 0.471. The van der Waals surface area contributed by atoms with Gasteiger partial charge in [0.2, 0.25) is 0 Å². The largest absolute Gasteiger partial charge is 0.336 e. The molecule has 3 saturated heterocycles. The molecule has 4 nitrogen and oxygen atoms in total. The smallest absolute Gasteiger partial charge is 0.319 e. The molecule has 0 radical (unpaired) electrons. The summed E-state index contributed by atoms with van der Waals surface area (Å²) in [4.78, 5) is 14.3. The number of rotatable bonds is 3. The highest BCUT2D eigenvalue weighted by atomic mass is 16.2. The number of carbonyl (C=O) groups excluding carboxylic acids is 1. The monoisotopic (exact) mass is 283 g/mol. The van der Waals surface area contributed by atoms with Crippen LogP contribution in [0.4, 0.5) is 10.5 Å². The van der Waals surface area contributed by atoms with Crippen LogP contribution >= 0.6 is 0 Å². The molecule has 3 heterocycles. The Kier molecular flexibility index (Phi) is 4.12. The van der Waals surface area contributed by atoms with Crippen molar-refractivity contribution < 1.29 is 4.79 Å². The van der Waals surface area contributed by atoms with E-state index in [-0.39, 0.29) is 6.03 Å². The summed E-state index contributed by atoms with van der Waals surface area (Å²) in [5, 5.41) is 5.82. The van der Waals surface area contributed by atoms with Crippen LogP contribution in [0.2, 0.25) is 0 Å². The van der Waals surface area contributed by atoms with E-state index in [2.05, 4.69) is 21.5 Å². The van der Waals surface area contributed by atoms with Crippen LogP contribution in [-0.4, -0.2) is 36.6 Å². The number of piperidine rings is 3. The Hall–Kier alpha value is -1.99. The van der Waals surface area contributed by atoms with E-state index >= 15 is 0 Å². The van der Waals surface area contributed by atoms with E-state index in [9.17, 15) is 4.79 Å². The van der Waals surface area contributed by atoms with Crippen molar-refractivity contribution in [3.05, 3.63) is 30.3 Å². The van der Waals surface area contributed by atoms with Crippen molar-refractivity contribution in [3.63, 3.8) is 0 Å². The number of amides is 2. The van der Waals surface area contributed by atoms with Crippen molar-refractivity contribution >= 4 is 11.7 Å². The summed E-state index contributed by atoms with van der Waals surface area (Å²) in [6.07, 6.45) is 7.88. The van der Waals surface area contributed by atoms with Crippen molar-refractivity contribution in [1.82, 2.24) is 10.2 Å². The maximum absolute atomic E-state index is 11.9. The highest BCUT2D eigenvalue weighted by Crippen LogP contribution is 2.35. The number of benzene rings is 1. The molecule has 0 saturated carbocycles. The van der Waals surface area contributed by atoms with Gasteiger partial charge in [0.1, 0.15) is 0 Å². The third-order valence-electron chi connectivity index (χ3n) is 4.62. The zero-order valence-corrected chi connectivity index (χ0v) is 12.1. The lowest BCUT2D eigenvalue weighted by Gasteiger charge is -2.48. The van der Waals surface area contributed by atoms with Gasteiger partial charge in [-0.05, 0) is 37.4 Å². The molecule has 2 bridgehead atoms. The molecule has 1 aromatic rings. The van der Waals surface area contributed by atoms with Gasteiger partial charge in [-0.1, -0.05) is 18.2 Å². The molecule has 0 aromatic heterocycles. The summed E-state index contributed by atoms with van der Waals surface area (Å²) in [6, 6.07) is 9.78. The van der Waals surface area contributed by atoms with E-state index in [0.29, 0.717) is 24.4 Å². The molecule has 4 heteroatoms. The molecule has 2 N–H and O–H groups in total. The van der Waals surface area contributed by atoms with Crippen LogP contribution < -0.4 is 10.6 Å². The van der Waals surface area contributed by atoms with Crippen LogP contribution in [0.3, 0.4) is 0 Å². The number of carbonyl (C=O) groups is 1. The Labute approximate surface area is 125 Å². The van der Waals surface area contributed by atoms with E-state index < -0.39 is 0 Å². The van der Waals surface area contributed by atoms with Crippen molar-refractivity contribution in [3.8, 4) is 12.3 Å². The molecular formula is C17H21N3O. The molecule has 110 valence electrons. The zero-order valence-electron chi connectivity index (χ0n) is 12.1. The molecule has 21 heavy (non-hydrogen) atoms.